The van der Waals surface area contributed by atoms with Gasteiger partial charge in [0, 0.05) is 5.69 Å². The van der Waals surface area contributed by atoms with Gasteiger partial charge in [-0.1, -0.05) is 30.3 Å². The lowest BCUT2D eigenvalue weighted by Crippen LogP contribution is -2.38. The topological polar surface area (TPSA) is 74.3 Å². The van der Waals surface area contributed by atoms with Gasteiger partial charge in [-0.15, -0.1) is 0 Å². The first-order valence-corrected chi connectivity index (χ1v) is 8.66. The SMILES string of the molecule is COC(=O)C1=C(C(=O)OC)N(c2ccc(COc3ccccc3)cc2)COC1. The number of hydrogen-bond acceptors (Lipinski definition) is 7. The summed E-state index contributed by atoms with van der Waals surface area (Å²) >= 11 is 0. The molecule has 0 fully saturated rings. The highest BCUT2D eigenvalue weighted by Gasteiger charge is 2.32. The maximum atomic E-state index is 12.3. The van der Waals surface area contributed by atoms with E-state index in [0.717, 1.165) is 11.3 Å². The monoisotopic (exact) mass is 383 g/mol. The molecule has 1 aliphatic rings. The highest BCUT2D eigenvalue weighted by molar-refractivity contribution is 6.03. The van der Waals surface area contributed by atoms with Crippen molar-refractivity contribution in [3.63, 3.8) is 0 Å². The molecule has 2 aromatic rings. The van der Waals surface area contributed by atoms with Gasteiger partial charge in [0.2, 0.25) is 0 Å². The second kappa shape index (κ2) is 9.05. The third kappa shape index (κ3) is 4.32. The summed E-state index contributed by atoms with van der Waals surface area (Å²) in [4.78, 5) is 25.9. The number of carbonyl (C=O) groups excluding carboxylic acids is 2. The average molecular weight is 383 g/mol. The van der Waals surface area contributed by atoms with E-state index in [9.17, 15) is 9.59 Å². The molecule has 28 heavy (non-hydrogen) atoms. The molecule has 2 aromatic carbocycles. The van der Waals surface area contributed by atoms with Crippen molar-refractivity contribution >= 4 is 17.6 Å². The summed E-state index contributed by atoms with van der Waals surface area (Å²) < 4.78 is 20.8. The van der Waals surface area contributed by atoms with Crippen LogP contribution >= 0.6 is 0 Å². The first kappa shape index (κ1) is 19.4. The molecular formula is C21H21NO6. The maximum Gasteiger partial charge on any atom is 0.355 e. The molecule has 0 radical (unpaired) electrons. The number of carbonyl (C=O) groups is 2. The quantitative estimate of drug-likeness (QED) is 0.710. The third-order valence-electron chi connectivity index (χ3n) is 4.23. The summed E-state index contributed by atoms with van der Waals surface area (Å²) in [5.41, 5.74) is 1.89. The van der Waals surface area contributed by atoms with Crippen LogP contribution in [0.1, 0.15) is 5.56 Å². The Morgan fingerprint density at radius 3 is 2.29 bits per heavy atom. The molecule has 7 nitrogen and oxygen atoms in total. The average Bonchev–Trinajstić information content (AvgIpc) is 2.77. The van der Waals surface area contributed by atoms with Crippen molar-refractivity contribution in [1.82, 2.24) is 0 Å². The van der Waals surface area contributed by atoms with Crippen LogP contribution in [0.25, 0.3) is 0 Å². The van der Waals surface area contributed by atoms with Gasteiger partial charge in [0.05, 0.1) is 26.4 Å². The fraction of sp³-hybridized carbons (Fsp3) is 0.238. The number of ether oxygens (including phenoxy) is 4. The van der Waals surface area contributed by atoms with Crippen molar-refractivity contribution in [1.29, 1.82) is 0 Å². The highest BCUT2D eigenvalue weighted by atomic mass is 16.5. The van der Waals surface area contributed by atoms with E-state index in [1.165, 1.54) is 14.2 Å². The minimum Gasteiger partial charge on any atom is -0.489 e. The van der Waals surface area contributed by atoms with Crippen molar-refractivity contribution in [3.8, 4) is 5.75 Å². The van der Waals surface area contributed by atoms with E-state index in [1.54, 1.807) is 4.90 Å². The number of para-hydroxylation sites is 1. The van der Waals surface area contributed by atoms with Crippen molar-refractivity contribution in [2.24, 2.45) is 0 Å². The second-order valence-corrected chi connectivity index (χ2v) is 5.98. The largest absolute Gasteiger partial charge is 0.489 e. The van der Waals surface area contributed by atoms with Crippen LogP contribution in [0.2, 0.25) is 0 Å². The van der Waals surface area contributed by atoms with E-state index >= 15 is 0 Å². The molecule has 0 amide bonds. The predicted molar refractivity (Wildman–Crippen MR) is 102 cm³/mol. The van der Waals surface area contributed by atoms with E-state index < -0.39 is 11.9 Å². The third-order valence-corrected chi connectivity index (χ3v) is 4.23. The van der Waals surface area contributed by atoms with Crippen LogP contribution in [0.4, 0.5) is 5.69 Å². The summed E-state index contributed by atoms with van der Waals surface area (Å²) in [7, 11) is 2.52. The van der Waals surface area contributed by atoms with Crippen LogP contribution in [0.15, 0.2) is 65.9 Å². The lowest BCUT2D eigenvalue weighted by molar-refractivity contribution is -0.140. The summed E-state index contributed by atoms with van der Waals surface area (Å²) in [6, 6.07) is 17.0. The standard InChI is InChI=1S/C21H21NO6/c1-25-20(23)18-13-27-14-22(19(18)21(24)26-2)16-10-8-15(9-11-16)12-28-17-6-4-3-5-7-17/h3-11H,12-14H2,1-2H3. The zero-order valence-electron chi connectivity index (χ0n) is 15.7. The van der Waals surface area contributed by atoms with Crippen molar-refractivity contribution in [2.45, 2.75) is 6.61 Å². The molecule has 0 saturated carbocycles. The summed E-state index contributed by atoms with van der Waals surface area (Å²) in [5.74, 6) is -0.465. The fourth-order valence-electron chi connectivity index (χ4n) is 2.80. The Kier molecular flexibility index (Phi) is 6.29. The van der Waals surface area contributed by atoms with Crippen molar-refractivity contribution < 1.29 is 28.5 Å². The van der Waals surface area contributed by atoms with Crippen LogP contribution in [-0.4, -0.2) is 39.5 Å². The molecule has 146 valence electrons. The molecule has 0 spiro atoms. The van der Waals surface area contributed by atoms with Gasteiger partial charge in [-0.2, -0.15) is 0 Å². The second-order valence-electron chi connectivity index (χ2n) is 5.98. The Morgan fingerprint density at radius 1 is 0.964 bits per heavy atom. The minimum atomic E-state index is -0.627. The van der Waals surface area contributed by atoms with Crippen LogP contribution in [-0.2, 0) is 30.4 Å². The highest BCUT2D eigenvalue weighted by Crippen LogP contribution is 2.27. The zero-order valence-corrected chi connectivity index (χ0v) is 15.7. The number of esters is 2. The van der Waals surface area contributed by atoms with Gasteiger partial charge in [-0.05, 0) is 29.8 Å². The summed E-state index contributed by atoms with van der Waals surface area (Å²) in [6.45, 7) is 0.509. The first-order chi connectivity index (χ1) is 13.6. The van der Waals surface area contributed by atoms with E-state index in [-0.39, 0.29) is 24.6 Å². The molecule has 0 atom stereocenters. The Labute approximate surface area is 163 Å². The number of hydrogen-bond donors (Lipinski definition) is 0. The molecule has 0 bridgehead atoms. The normalized spacial score (nSPS) is 13.9. The molecule has 0 unspecified atom stereocenters. The van der Waals surface area contributed by atoms with Crippen LogP contribution in [0, 0.1) is 0 Å². The first-order valence-electron chi connectivity index (χ1n) is 8.66. The number of methoxy groups -OCH3 is 2. The molecule has 7 heteroatoms. The van der Waals surface area contributed by atoms with E-state index in [0.29, 0.717) is 12.3 Å². The van der Waals surface area contributed by atoms with E-state index in [4.69, 9.17) is 18.9 Å². The molecule has 0 saturated heterocycles. The smallest absolute Gasteiger partial charge is 0.355 e. The molecule has 0 aliphatic carbocycles. The van der Waals surface area contributed by atoms with Gasteiger partial charge >= 0.3 is 11.9 Å². The Hall–Kier alpha value is -3.32. The molecule has 1 aliphatic heterocycles. The van der Waals surface area contributed by atoms with Crippen molar-refractivity contribution in [2.75, 3.05) is 32.5 Å². The van der Waals surface area contributed by atoms with Gasteiger partial charge in [0.25, 0.3) is 0 Å². The Balaban J connectivity index is 1.81. The zero-order chi connectivity index (χ0) is 19.9. The van der Waals surface area contributed by atoms with E-state index in [2.05, 4.69) is 0 Å². The predicted octanol–water partition coefficient (Wildman–Crippen LogP) is 2.66. The summed E-state index contributed by atoms with van der Waals surface area (Å²) in [6.07, 6.45) is 0. The number of rotatable bonds is 6. The number of anilines is 1. The summed E-state index contributed by atoms with van der Waals surface area (Å²) in [5, 5.41) is 0. The Morgan fingerprint density at radius 2 is 1.64 bits per heavy atom. The minimum absolute atomic E-state index is 0.0173. The lowest BCUT2D eigenvalue weighted by atomic mass is 10.1. The molecular weight excluding hydrogens is 362 g/mol. The number of nitrogens with zero attached hydrogens (tertiary/aromatic N) is 1. The van der Waals surface area contributed by atoms with E-state index in [1.807, 2.05) is 54.6 Å². The van der Waals surface area contributed by atoms with Gasteiger partial charge in [-0.3, -0.25) is 0 Å². The molecule has 1 heterocycles. The van der Waals surface area contributed by atoms with Crippen LogP contribution in [0.3, 0.4) is 0 Å². The van der Waals surface area contributed by atoms with Gasteiger partial charge in [0.15, 0.2) is 0 Å². The fourth-order valence-corrected chi connectivity index (χ4v) is 2.80. The lowest BCUT2D eigenvalue weighted by Gasteiger charge is -2.31. The molecule has 0 aromatic heterocycles. The molecule has 3 rings (SSSR count). The van der Waals surface area contributed by atoms with Crippen LogP contribution < -0.4 is 9.64 Å². The maximum absolute atomic E-state index is 12.3. The van der Waals surface area contributed by atoms with Crippen molar-refractivity contribution in [3.05, 3.63) is 71.4 Å². The number of benzene rings is 2. The van der Waals surface area contributed by atoms with Gasteiger partial charge < -0.3 is 23.8 Å². The van der Waals surface area contributed by atoms with Gasteiger partial charge in [-0.25, -0.2) is 9.59 Å². The van der Waals surface area contributed by atoms with Gasteiger partial charge in [0.1, 0.15) is 24.8 Å². The van der Waals surface area contributed by atoms with Crippen LogP contribution in [0.5, 0.6) is 5.75 Å². The Bertz CT molecular complexity index is 860. The molecule has 0 N–H and O–H groups in total.